The highest BCUT2D eigenvalue weighted by Gasteiger charge is 2.02. The zero-order valence-electron chi connectivity index (χ0n) is 11.1. The summed E-state index contributed by atoms with van der Waals surface area (Å²) < 4.78 is 0. The smallest absolute Gasteiger partial charge is 0.221 e. The highest BCUT2D eigenvalue weighted by Crippen LogP contribution is 2.20. The molecule has 0 aliphatic heterocycles. The van der Waals surface area contributed by atoms with Crippen LogP contribution in [0.4, 0.5) is 11.4 Å². The third-order valence-electron chi connectivity index (χ3n) is 2.76. The molecule has 2 aromatic rings. The molecule has 0 spiro atoms. The lowest BCUT2D eigenvalue weighted by atomic mass is 10.1. The molecule has 0 saturated carbocycles. The van der Waals surface area contributed by atoms with Crippen LogP contribution in [0.2, 0.25) is 0 Å². The van der Waals surface area contributed by atoms with Gasteiger partial charge < -0.3 is 10.6 Å². The fraction of sp³-hybridized carbons (Fsp3) is 0.200. The molecule has 0 bridgehead atoms. The minimum Gasteiger partial charge on any atom is -0.381 e. The molecule has 1 heterocycles. The minimum absolute atomic E-state index is 0.0675. The Hall–Kier alpha value is -2.36. The van der Waals surface area contributed by atoms with Crippen molar-refractivity contribution in [3.05, 3.63) is 53.9 Å². The van der Waals surface area contributed by atoms with Gasteiger partial charge in [-0.15, -0.1) is 0 Å². The molecule has 4 nitrogen and oxygen atoms in total. The van der Waals surface area contributed by atoms with Crippen LogP contribution < -0.4 is 10.6 Å². The van der Waals surface area contributed by atoms with E-state index in [1.807, 2.05) is 43.5 Å². The number of aromatic nitrogens is 1. The van der Waals surface area contributed by atoms with Crippen molar-refractivity contribution in [1.29, 1.82) is 0 Å². The molecule has 0 unspecified atom stereocenters. The van der Waals surface area contributed by atoms with Gasteiger partial charge in [0.15, 0.2) is 0 Å². The number of carbonyl (C=O) groups is 1. The first-order valence-electron chi connectivity index (χ1n) is 6.16. The lowest BCUT2D eigenvalue weighted by molar-refractivity contribution is -0.114. The Morgan fingerprint density at radius 3 is 2.84 bits per heavy atom. The van der Waals surface area contributed by atoms with Crippen LogP contribution in [-0.2, 0) is 11.3 Å². The van der Waals surface area contributed by atoms with Gasteiger partial charge in [0.25, 0.3) is 0 Å². The van der Waals surface area contributed by atoms with Crippen LogP contribution >= 0.6 is 0 Å². The number of amides is 1. The molecule has 19 heavy (non-hydrogen) atoms. The number of aryl methyl sites for hydroxylation is 1. The summed E-state index contributed by atoms with van der Waals surface area (Å²) in [6.07, 6.45) is 3.59. The first-order valence-corrected chi connectivity index (χ1v) is 6.16. The van der Waals surface area contributed by atoms with Crippen LogP contribution in [-0.4, -0.2) is 10.9 Å². The van der Waals surface area contributed by atoms with Crippen molar-refractivity contribution in [2.75, 3.05) is 10.6 Å². The summed E-state index contributed by atoms with van der Waals surface area (Å²) in [7, 11) is 0. The molecule has 0 aliphatic rings. The first-order chi connectivity index (χ1) is 9.15. The average molecular weight is 255 g/mol. The Morgan fingerprint density at radius 1 is 1.32 bits per heavy atom. The number of hydrogen-bond donors (Lipinski definition) is 2. The van der Waals surface area contributed by atoms with Gasteiger partial charge in [-0.25, -0.2) is 0 Å². The van der Waals surface area contributed by atoms with E-state index in [1.54, 1.807) is 6.20 Å². The molecule has 2 rings (SSSR count). The third kappa shape index (κ3) is 3.81. The molecule has 0 atom stereocenters. The highest BCUT2D eigenvalue weighted by molar-refractivity contribution is 5.89. The fourth-order valence-corrected chi connectivity index (χ4v) is 1.79. The van der Waals surface area contributed by atoms with Gasteiger partial charge in [0.05, 0.1) is 0 Å². The maximum Gasteiger partial charge on any atom is 0.221 e. The largest absolute Gasteiger partial charge is 0.381 e. The van der Waals surface area contributed by atoms with Gasteiger partial charge in [-0.2, -0.15) is 0 Å². The number of nitrogens with one attached hydrogen (secondary N) is 2. The SMILES string of the molecule is CC(=O)Nc1ccc(C)c(NCc2cccnc2)c1. The van der Waals surface area contributed by atoms with Gasteiger partial charge in [0.2, 0.25) is 5.91 Å². The number of hydrogen-bond acceptors (Lipinski definition) is 3. The molecule has 0 radical (unpaired) electrons. The summed E-state index contributed by atoms with van der Waals surface area (Å²) in [5.41, 5.74) is 4.06. The van der Waals surface area contributed by atoms with Crippen LogP contribution in [0.1, 0.15) is 18.1 Å². The second-order valence-electron chi connectivity index (χ2n) is 4.43. The van der Waals surface area contributed by atoms with E-state index in [9.17, 15) is 4.79 Å². The predicted octanol–water partition coefficient (Wildman–Crippen LogP) is 2.96. The zero-order chi connectivity index (χ0) is 13.7. The number of pyridine rings is 1. The van der Waals surface area contributed by atoms with E-state index < -0.39 is 0 Å². The van der Waals surface area contributed by atoms with E-state index in [4.69, 9.17) is 0 Å². The monoisotopic (exact) mass is 255 g/mol. The van der Waals surface area contributed by atoms with E-state index in [-0.39, 0.29) is 5.91 Å². The van der Waals surface area contributed by atoms with Gasteiger partial charge in [-0.1, -0.05) is 12.1 Å². The quantitative estimate of drug-likeness (QED) is 0.883. The minimum atomic E-state index is -0.0675. The summed E-state index contributed by atoms with van der Waals surface area (Å²) >= 11 is 0. The predicted molar refractivity (Wildman–Crippen MR) is 77.0 cm³/mol. The summed E-state index contributed by atoms with van der Waals surface area (Å²) in [6, 6.07) is 9.75. The number of benzene rings is 1. The number of carbonyl (C=O) groups excluding carboxylic acids is 1. The maximum absolute atomic E-state index is 11.0. The Bertz CT molecular complexity index is 567. The average Bonchev–Trinajstić information content (AvgIpc) is 2.40. The van der Waals surface area contributed by atoms with Gasteiger partial charge in [0, 0.05) is 37.2 Å². The molecule has 1 aromatic heterocycles. The molecular formula is C15H17N3O. The summed E-state index contributed by atoms with van der Waals surface area (Å²) in [5, 5.41) is 6.13. The van der Waals surface area contributed by atoms with Crippen LogP contribution in [0.15, 0.2) is 42.7 Å². The molecule has 4 heteroatoms. The third-order valence-corrected chi connectivity index (χ3v) is 2.76. The Morgan fingerprint density at radius 2 is 2.16 bits per heavy atom. The lowest BCUT2D eigenvalue weighted by Crippen LogP contribution is -2.07. The fourth-order valence-electron chi connectivity index (χ4n) is 1.79. The van der Waals surface area contributed by atoms with Gasteiger partial charge >= 0.3 is 0 Å². The molecule has 1 aromatic carbocycles. The Kier molecular flexibility index (Phi) is 4.13. The van der Waals surface area contributed by atoms with Crippen LogP contribution in [0.5, 0.6) is 0 Å². The molecular weight excluding hydrogens is 238 g/mol. The normalized spacial score (nSPS) is 10.0. The van der Waals surface area contributed by atoms with Crippen molar-refractivity contribution >= 4 is 17.3 Å². The molecule has 2 N–H and O–H groups in total. The standard InChI is InChI=1S/C15H17N3O/c1-11-5-6-14(18-12(2)19)8-15(11)17-10-13-4-3-7-16-9-13/h3-9,17H,10H2,1-2H3,(H,18,19). The van der Waals surface area contributed by atoms with E-state index in [0.29, 0.717) is 6.54 Å². The summed E-state index contributed by atoms with van der Waals surface area (Å²) in [6.45, 7) is 4.24. The highest BCUT2D eigenvalue weighted by atomic mass is 16.1. The van der Waals surface area contributed by atoms with Gasteiger partial charge in [0.1, 0.15) is 0 Å². The summed E-state index contributed by atoms with van der Waals surface area (Å²) in [5.74, 6) is -0.0675. The van der Waals surface area contributed by atoms with Crippen LogP contribution in [0.3, 0.4) is 0 Å². The van der Waals surface area contributed by atoms with Crippen molar-refractivity contribution in [2.24, 2.45) is 0 Å². The van der Waals surface area contributed by atoms with Crippen molar-refractivity contribution in [3.63, 3.8) is 0 Å². The number of nitrogens with zero attached hydrogens (tertiary/aromatic N) is 1. The zero-order valence-corrected chi connectivity index (χ0v) is 11.1. The van der Waals surface area contributed by atoms with Crippen molar-refractivity contribution < 1.29 is 4.79 Å². The number of anilines is 2. The second kappa shape index (κ2) is 6.00. The first kappa shape index (κ1) is 13.1. The van der Waals surface area contributed by atoms with Crippen molar-refractivity contribution in [3.8, 4) is 0 Å². The van der Waals surface area contributed by atoms with E-state index in [1.165, 1.54) is 6.92 Å². The molecule has 0 saturated heterocycles. The van der Waals surface area contributed by atoms with Crippen LogP contribution in [0.25, 0.3) is 0 Å². The molecule has 98 valence electrons. The van der Waals surface area contributed by atoms with Crippen molar-refractivity contribution in [1.82, 2.24) is 4.98 Å². The molecule has 0 aliphatic carbocycles. The van der Waals surface area contributed by atoms with Crippen molar-refractivity contribution in [2.45, 2.75) is 20.4 Å². The van der Waals surface area contributed by atoms with Gasteiger partial charge in [-0.3, -0.25) is 9.78 Å². The molecule has 0 fully saturated rings. The number of rotatable bonds is 4. The maximum atomic E-state index is 11.0. The molecule has 1 amide bonds. The Balaban J connectivity index is 2.08. The van der Waals surface area contributed by atoms with Gasteiger partial charge in [-0.05, 0) is 36.2 Å². The van der Waals surface area contributed by atoms with Crippen LogP contribution in [0, 0.1) is 6.92 Å². The Labute approximate surface area is 112 Å². The van der Waals surface area contributed by atoms with E-state index in [2.05, 4.69) is 15.6 Å². The van der Waals surface area contributed by atoms with E-state index >= 15 is 0 Å². The second-order valence-corrected chi connectivity index (χ2v) is 4.43. The lowest BCUT2D eigenvalue weighted by Gasteiger charge is -2.11. The van der Waals surface area contributed by atoms with E-state index in [0.717, 1.165) is 22.5 Å². The summed E-state index contributed by atoms with van der Waals surface area (Å²) in [4.78, 5) is 15.1. The topological polar surface area (TPSA) is 54.0 Å².